The molecule has 0 saturated carbocycles. The number of hydrogen-bond donors (Lipinski definition) is 1. The average molecular weight is 159 g/mol. The average Bonchev–Trinajstić information content (AvgIpc) is 2.02. The molecule has 0 spiro atoms. The highest BCUT2D eigenvalue weighted by Gasteiger charge is 2.17. The Labute approximate surface area is 70.1 Å². The van der Waals surface area contributed by atoms with Gasteiger partial charge in [-0.15, -0.1) is 0 Å². The van der Waals surface area contributed by atoms with Gasteiger partial charge < -0.3 is 4.90 Å². The third kappa shape index (κ3) is 3.70. The Kier molecular flexibility index (Phi) is 5.46. The minimum atomic E-state index is 0.615. The summed E-state index contributed by atoms with van der Waals surface area (Å²) in [6.07, 6.45) is 0. The van der Waals surface area contributed by atoms with Crippen molar-refractivity contribution in [2.45, 2.75) is 26.8 Å². The maximum atomic E-state index is 5.59. The zero-order chi connectivity index (χ0) is 8.85. The summed E-state index contributed by atoms with van der Waals surface area (Å²) in [6.45, 7) is 9.29. The molecule has 1 aliphatic rings. The number of hydrazine groups is 1. The Balaban J connectivity index is 0.000000461. The zero-order valence-electron chi connectivity index (χ0n) is 8.17. The standard InChI is InChI=1S/C6H15N3.C2H6/c1-6-5-9(7)4-3-8(6)2;1-2/h6H,3-5,7H2,1-2H3;1-2H3. The first-order valence-corrected chi connectivity index (χ1v) is 4.40. The Morgan fingerprint density at radius 1 is 1.27 bits per heavy atom. The van der Waals surface area contributed by atoms with Gasteiger partial charge in [-0.3, -0.25) is 5.84 Å². The van der Waals surface area contributed by atoms with E-state index in [-0.39, 0.29) is 0 Å². The van der Waals surface area contributed by atoms with Crippen molar-refractivity contribution < 1.29 is 0 Å². The van der Waals surface area contributed by atoms with Crippen LogP contribution >= 0.6 is 0 Å². The largest absolute Gasteiger partial charge is 0.301 e. The van der Waals surface area contributed by atoms with Gasteiger partial charge in [0.25, 0.3) is 0 Å². The van der Waals surface area contributed by atoms with E-state index < -0.39 is 0 Å². The van der Waals surface area contributed by atoms with Crippen molar-refractivity contribution in [1.82, 2.24) is 9.91 Å². The van der Waals surface area contributed by atoms with Gasteiger partial charge in [0.2, 0.25) is 0 Å². The number of likely N-dealkylation sites (N-methyl/N-ethyl adjacent to an activating group) is 1. The molecule has 1 unspecified atom stereocenters. The van der Waals surface area contributed by atoms with Crippen LogP contribution in [0, 0.1) is 0 Å². The molecule has 1 heterocycles. The summed E-state index contributed by atoms with van der Waals surface area (Å²) in [5.74, 6) is 5.59. The summed E-state index contributed by atoms with van der Waals surface area (Å²) in [4.78, 5) is 2.32. The van der Waals surface area contributed by atoms with Crippen molar-refractivity contribution in [3.05, 3.63) is 0 Å². The lowest BCUT2D eigenvalue weighted by atomic mass is 10.2. The summed E-state index contributed by atoms with van der Waals surface area (Å²) < 4.78 is 0. The van der Waals surface area contributed by atoms with Gasteiger partial charge in [-0.1, -0.05) is 13.8 Å². The molecule has 0 aromatic heterocycles. The molecule has 0 amide bonds. The Morgan fingerprint density at radius 3 is 2.18 bits per heavy atom. The van der Waals surface area contributed by atoms with E-state index in [1.165, 1.54) is 0 Å². The van der Waals surface area contributed by atoms with Crippen LogP contribution in [-0.4, -0.2) is 42.6 Å². The van der Waals surface area contributed by atoms with Crippen molar-refractivity contribution >= 4 is 0 Å². The van der Waals surface area contributed by atoms with E-state index >= 15 is 0 Å². The van der Waals surface area contributed by atoms with Crippen LogP contribution in [0.3, 0.4) is 0 Å². The van der Waals surface area contributed by atoms with E-state index in [9.17, 15) is 0 Å². The predicted octanol–water partition coefficient (Wildman–Crippen LogP) is 0.522. The van der Waals surface area contributed by atoms with Crippen LogP contribution in [0.25, 0.3) is 0 Å². The summed E-state index contributed by atoms with van der Waals surface area (Å²) in [5, 5.41) is 1.88. The molecule has 0 radical (unpaired) electrons. The summed E-state index contributed by atoms with van der Waals surface area (Å²) in [5.41, 5.74) is 0. The van der Waals surface area contributed by atoms with Crippen LogP contribution in [0.4, 0.5) is 0 Å². The fourth-order valence-corrected chi connectivity index (χ4v) is 1.08. The molecule has 0 aromatic carbocycles. The number of rotatable bonds is 0. The van der Waals surface area contributed by atoms with Gasteiger partial charge in [-0.05, 0) is 14.0 Å². The topological polar surface area (TPSA) is 32.5 Å². The highest BCUT2D eigenvalue weighted by molar-refractivity contribution is 4.72. The maximum Gasteiger partial charge on any atom is 0.0282 e. The molecule has 1 atom stereocenters. The lowest BCUT2D eigenvalue weighted by Gasteiger charge is -2.34. The van der Waals surface area contributed by atoms with Crippen molar-refractivity contribution in [2.75, 3.05) is 26.7 Å². The molecule has 0 aromatic rings. The van der Waals surface area contributed by atoms with Gasteiger partial charge in [-0.25, -0.2) is 5.01 Å². The fraction of sp³-hybridized carbons (Fsp3) is 1.00. The molecule has 11 heavy (non-hydrogen) atoms. The van der Waals surface area contributed by atoms with Crippen LogP contribution in [0.15, 0.2) is 0 Å². The van der Waals surface area contributed by atoms with Crippen molar-refractivity contribution in [2.24, 2.45) is 5.84 Å². The van der Waals surface area contributed by atoms with Gasteiger partial charge in [0.05, 0.1) is 0 Å². The van der Waals surface area contributed by atoms with E-state index in [2.05, 4.69) is 18.9 Å². The van der Waals surface area contributed by atoms with Gasteiger partial charge in [0.1, 0.15) is 0 Å². The third-order valence-electron chi connectivity index (χ3n) is 1.99. The van der Waals surface area contributed by atoms with E-state index in [0.29, 0.717) is 6.04 Å². The molecule has 1 fully saturated rings. The fourth-order valence-electron chi connectivity index (χ4n) is 1.08. The Hall–Kier alpha value is -0.120. The van der Waals surface area contributed by atoms with Crippen molar-refractivity contribution in [3.63, 3.8) is 0 Å². The molecule has 1 rings (SSSR count). The molecular weight excluding hydrogens is 138 g/mol. The Morgan fingerprint density at radius 2 is 1.82 bits per heavy atom. The minimum absolute atomic E-state index is 0.615. The molecule has 0 bridgehead atoms. The normalized spacial score (nSPS) is 27.5. The van der Waals surface area contributed by atoms with Crippen LogP contribution < -0.4 is 5.84 Å². The van der Waals surface area contributed by atoms with Crippen LogP contribution in [0.5, 0.6) is 0 Å². The molecule has 0 aliphatic carbocycles. The third-order valence-corrected chi connectivity index (χ3v) is 1.99. The van der Waals surface area contributed by atoms with Crippen molar-refractivity contribution in [3.8, 4) is 0 Å². The van der Waals surface area contributed by atoms with Crippen LogP contribution in [-0.2, 0) is 0 Å². The van der Waals surface area contributed by atoms with Gasteiger partial charge in [-0.2, -0.15) is 0 Å². The van der Waals surface area contributed by atoms with Crippen molar-refractivity contribution in [1.29, 1.82) is 0 Å². The van der Waals surface area contributed by atoms with Gasteiger partial charge in [0.15, 0.2) is 0 Å². The number of nitrogens with two attached hydrogens (primary N) is 1. The van der Waals surface area contributed by atoms with E-state index in [1.54, 1.807) is 0 Å². The molecule has 3 nitrogen and oxygen atoms in total. The lowest BCUT2D eigenvalue weighted by Crippen LogP contribution is -2.52. The number of piperazine rings is 1. The molecule has 1 aliphatic heterocycles. The first-order chi connectivity index (χ1) is 5.20. The van der Waals surface area contributed by atoms with E-state index in [4.69, 9.17) is 5.84 Å². The second kappa shape index (κ2) is 5.52. The molecular formula is C8H21N3. The number of hydrogen-bond acceptors (Lipinski definition) is 3. The minimum Gasteiger partial charge on any atom is -0.301 e. The number of nitrogens with zero attached hydrogens (tertiary/aromatic N) is 2. The predicted molar refractivity (Wildman–Crippen MR) is 49.2 cm³/mol. The van der Waals surface area contributed by atoms with Gasteiger partial charge in [0, 0.05) is 25.7 Å². The second-order valence-electron chi connectivity index (χ2n) is 2.82. The van der Waals surface area contributed by atoms with Crippen LogP contribution in [0.2, 0.25) is 0 Å². The monoisotopic (exact) mass is 159 g/mol. The smallest absolute Gasteiger partial charge is 0.0282 e. The Bertz CT molecular complexity index is 95.3. The second-order valence-corrected chi connectivity index (χ2v) is 2.82. The highest BCUT2D eigenvalue weighted by Crippen LogP contribution is 2.01. The molecule has 1 saturated heterocycles. The quantitative estimate of drug-likeness (QED) is 0.523. The molecule has 2 N–H and O–H groups in total. The summed E-state index contributed by atoms with van der Waals surface area (Å²) in [6, 6.07) is 0.615. The summed E-state index contributed by atoms with van der Waals surface area (Å²) >= 11 is 0. The molecule has 3 heteroatoms. The summed E-state index contributed by atoms with van der Waals surface area (Å²) in [7, 11) is 2.14. The SMILES string of the molecule is CC.CC1CN(N)CCN1C. The zero-order valence-corrected chi connectivity index (χ0v) is 8.17. The molecule has 68 valence electrons. The lowest BCUT2D eigenvalue weighted by molar-refractivity contribution is 0.106. The van der Waals surface area contributed by atoms with Crippen LogP contribution in [0.1, 0.15) is 20.8 Å². The van der Waals surface area contributed by atoms with Gasteiger partial charge >= 0.3 is 0 Å². The first kappa shape index (κ1) is 10.9. The first-order valence-electron chi connectivity index (χ1n) is 4.40. The maximum absolute atomic E-state index is 5.59. The highest BCUT2D eigenvalue weighted by atomic mass is 15.4. The van der Waals surface area contributed by atoms with E-state index in [0.717, 1.165) is 19.6 Å². The van der Waals surface area contributed by atoms with E-state index in [1.807, 2.05) is 18.9 Å².